The molecule has 1 aromatic heterocycles. The van der Waals surface area contributed by atoms with Crippen molar-refractivity contribution in [3.8, 4) is 11.4 Å². The second-order valence-electron chi connectivity index (χ2n) is 9.35. The number of aromatic nitrogens is 2. The molecule has 4 rings (SSSR count). The van der Waals surface area contributed by atoms with Crippen molar-refractivity contribution < 1.29 is 27.1 Å². The summed E-state index contributed by atoms with van der Waals surface area (Å²) < 4.78 is 46.3. The molecule has 2 heterocycles. The first-order valence-corrected chi connectivity index (χ1v) is 13.6. The maximum absolute atomic E-state index is 13.8. The molecule has 0 spiro atoms. The summed E-state index contributed by atoms with van der Waals surface area (Å²) in [5, 5.41) is 0. The van der Waals surface area contributed by atoms with Crippen molar-refractivity contribution in [2.75, 3.05) is 19.6 Å². The van der Waals surface area contributed by atoms with Crippen LogP contribution >= 0.6 is 0 Å². The van der Waals surface area contributed by atoms with Crippen molar-refractivity contribution in [2.24, 2.45) is 0 Å². The molecule has 200 valence electrons. The highest BCUT2D eigenvalue weighted by Gasteiger charge is 2.37. The van der Waals surface area contributed by atoms with E-state index in [2.05, 4.69) is 9.97 Å². The normalized spacial score (nSPS) is 16.5. The smallest absolute Gasteiger partial charge is 0.342 e. The topological polar surface area (TPSA) is 110 Å². The highest BCUT2D eigenvalue weighted by Crippen LogP contribution is 2.25. The Hall–Kier alpha value is -3.70. The quantitative estimate of drug-likeness (QED) is 0.439. The third kappa shape index (κ3) is 5.58. The summed E-state index contributed by atoms with van der Waals surface area (Å²) in [4.78, 5) is 37.1. The molecule has 1 amide bonds. The maximum atomic E-state index is 13.8. The number of aryl methyl sites for hydroxylation is 1. The van der Waals surface area contributed by atoms with Crippen LogP contribution in [0, 0.1) is 12.7 Å². The predicted octanol–water partition coefficient (Wildman–Crippen LogP) is 3.69. The first kappa shape index (κ1) is 27.3. The molecule has 0 N–H and O–H groups in total. The lowest BCUT2D eigenvalue weighted by Gasteiger charge is -2.39. The minimum absolute atomic E-state index is 0.0163. The molecule has 1 aliphatic heterocycles. The van der Waals surface area contributed by atoms with Gasteiger partial charge in [0.1, 0.15) is 17.1 Å². The van der Waals surface area contributed by atoms with Crippen LogP contribution < -0.4 is 0 Å². The Morgan fingerprint density at radius 2 is 1.68 bits per heavy atom. The van der Waals surface area contributed by atoms with Gasteiger partial charge in [-0.25, -0.2) is 27.6 Å². The van der Waals surface area contributed by atoms with Crippen molar-refractivity contribution in [3.63, 3.8) is 0 Å². The summed E-state index contributed by atoms with van der Waals surface area (Å²) in [6.07, 6.45) is -0.418. The molecule has 1 aliphatic rings. The number of ether oxygens (including phenoxy) is 1. The summed E-state index contributed by atoms with van der Waals surface area (Å²) in [5.74, 6) is -1.47. The monoisotopic (exact) mass is 540 g/mol. The van der Waals surface area contributed by atoms with Crippen LogP contribution in [0.3, 0.4) is 0 Å². The first-order chi connectivity index (χ1) is 18.0. The maximum Gasteiger partial charge on any atom is 0.342 e. The van der Waals surface area contributed by atoms with E-state index < -0.39 is 39.9 Å². The number of hydrogen-bond donors (Lipinski definition) is 0. The number of carbonyl (C=O) groups is 2. The summed E-state index contributed by atoms with van der Waals surface area (Å²) >= 11 is 0. The molecule has 11 heteroatoms. The van der Waals surface area contributed by atoms with Gasteiger partial charge in [0, 0.05) is 31.2 Å². The van der Waals surface area contributed by atoms with E-state index in [-0.39, 0.29) is 41.6 Å². The lowest BCUT2D eigenvalue weighted by Crippen LogP contribution is -2.55. The van der Waals surface area contributed by atoms with Crippen molar-refractivity contribution in [1.29, 1.82) is 0 Å². The van der Waals surface area contributed by atoms with Crippen molar-refractivity contribution in [2.45, 2.75) is 44.7 Å². The average Bonchev–Trinajstić information content (AvgIpc) is 2.87. The van der Waals surface area contributed by atoms with Gasteiger partial charge in [0.25, 0.3) is 5.91 Å². The lowest BCUT2D eigenvalue weighted by atomic mass is 10.1. The second-order valence-corrected chi connectivity index (χ2v) is 11.2. The predicted molar refractivity (Wildman–Crippen MR) is 138 cm³/mol. The molecule has 0 saturated carbocycles. The molecular formula is C27H29FN4O5S. The van der Waals surface area contributed by atoms with Gasteiger partial charge in [-0.15, -0.1) is 0 Å². The third-order valence-electron chi connectivity index (χ3n) is 6.15. The van der Waals surface area contributed by atoms with Crippen molar-refractivity contribution in [3.05, 3.63) is 77.4 Å². The molecule has 1 unspecified atom stereocenters. The van der Waals surface area contributed by atoms with E-state index in [9.17, 15) is 22.4 Å². The van der Waals surface area contributed by atoms with Gasteiger partial charge in [-0.3, -0.25) is 4.79 Å². The zero-order valence-electron chi connectivity index (χ0n) is 21.6. The van der Waals surface area contributed by atoms with Crippen LogP contribution in [0.1, 0.15) is 47.3 Å². The summed E-state index contributed by atoms with van der Waals surface area (Å²) in [6, 6.07) is 13.1. The van der Waals surface area contributed by atoms with E-state index >= 15 is 0 Å². The Labute approximate surface area is 221 Å². The SMILES string of the molecule is Cc1nc(-c2ccccc2)nc(C(=O)N2CCN(S(=O)(=O)c3ccc(F)cc3)C(C)C2)c1C(=O)OC(C)C. The lowest BCUT2D eigenvalue weighted by molar-refractivity contribution is 0.0368. The molecule has 2 aromatic carbocycles. The Morgan fingerprint density at radius 3 is 2.29 bits per heavy atom. The second kappa shape index (κ2) is 11.0. The van der Waals surface area contributed by atoms with E-state index in [1.165, 1.54) is 21.3 Å². The molecular weight excluding hydrogens is 511 g/mol. The highest BCUT2D eigenvalue weighted by atomic mass is 32.2. The molecule has 1 atom stereocenters. The van der Waals surface area contributed by atoms with Gasteiger partial charge in [0.15, 0.2) is 5.82 Å². The fourth-order valence-corrected chi connectivity index (χ4v) is 5.95. The van der Waals surface area contributed by atoms with Crippen LogP contribution in [0.2, 0.25) is 0 Å². The van der Waals surface area contributed by atoms with Gasteiger partial charge >= 0.3 is 5.97 Å². The number of halogens is 1. The summed E-state index contributed by atoms with van der Waals surface area (Å²) in [5.41, 5.74) is 0.872. The van der Waals surface area contributed by atoms with Crippen molar-refractivity contribution in [1.82, 2.24) is 19.2 Å². The molecule has 9 nitrogen and oxygen atoms in total. The minimum Gasteiger partial charge on any atom is -0.459 e. The molecule has 1 fully saturated rings. The van der Waals surface area contributed by atoms with Crippen LogP contribution in [-0.4, -0.2) is 71.2 Å². The molecule has 3 aromatic rings. The molecule has 0 aliphatic carbocycles. The number of rotatable bonds is 6. The number of piperazine rings is 1. The Morgan fingerprint density at radius 1 is 1.03 bits per heavy atom. The van der Waals surface area contributed by atoms with Gasteiger partial charge in [-0.05, 0) is 52.0 Å². The number of amides is 1. The number of sulfonamides is 1. The van der Waals surface area contributed by atoms with Gasteiger partial charge in [-0.1, -0.05) is 30.3 Å². The van der Waals surface area contributed by atoms with Crippen LogP contribution in [-0.2, 0) is 14.8 Å². The van der Waals surface area contributed by atoms with Gasteiger partial charge in [-0.2, -0.15) is 4.31 Å². The standard InChI is InChI=1S/C27H29FN4O5S/c1-17(2)37-27(34)23-19(4)29-25(20-8-6-5-7-9-20)30-24(23)26(33)31-14-15-32(18(3)16-31)38(35,36)22-12-10-21(28)11-13-22/h5-13,17-18H,14-16H2,1-4H3. The van der Waals surface area contributed by atoms with Crippen molar-refractivity contribution >= 4 is 21.9 Å². The molecule has 0 bridgehead atoms. The Balaban J connectivity index is 1.66. The van der Waals surface area contributed by atoms with E-state index in [0.29, 0.717) is 11.3 Å². The van der Waals surface area contributed by atoms with Gasteiger partial charge in [0.05, 0.1) is 16.7 Å². The fourth-order valence-electron chi connectivity index (χ4n) is 4.34. The van der Waals surface area contributed by atoms with E-state index in [4.69, 9.17) is 4.74 Å². The molecule has 0 radical (unpaired) electrons. The average molecular weight is 541 g/mol. The van der Waals surface area contributed by atoms with Gasteiger partial charge < -0.3 is 9.64 Å². The van der Waals surface area contributed by atoms with E-state index in [1.807, 2.05) is 18.2 Å². The number of esters is 1. The number of benzene rings is 2. The van der Waals surface area contributed by atoms with Crippen LogP contribution in [0.15, 0.2) is 59.5 Å². The number of hydrogen-bond acceptors (Lipinski definition) is 7. The summed E-state index contributed by atoms with van der Waals surface area (Å²) in [6.45, 7) is 6.89. The zero-order valence-corrected chi connectivity index (χ0v) is 22.4. The van der Waals surface area contributed by atoms with Crippen LogP contribution in [0.4, 0.5) is 4.39 Å². The largest absolute Gasteiger partial charge is 0.459 e. The van der Waals surface area contributed by atoms with E-state index in [1.54, 1.807) is 39.8 Å². The Kier molecular flexibility index (Phi) is 7.89. The molecule has 38 heavy (non-hydrogen) atoms. The minimum atomic E-state index is -3.90. The fraction of sp³-hybridized carbons (Fsp3) is 0.333. The van der Waals surface area contributed by atoms with Crippen LogP contribution in [0.5, 0.6) is 0 Å². The van der Waals surface area contributed by atoms with E-state index in [0.717, 1.165) is 12.1 Å². The molecule has 1 saturated heterocycles. The van der Waals surface area contributed by atoms with Gasteiger partial charge in [0.2, 0.25) is 10.0 Å². The summed E-state index contributed by atoms with van der Waals surface area (Å²) in [7, 11) is -3.90. The number of nitrogens with zero attached hydrogens (tertiary/aromatic N) is 4. The first-order valence-electron chi connectivity index (χ1n) is 12.2. The van der Waals surface area contributed by atoms with Crippen LogP contribution in [0.25, 0.3) is 11.4 Å². The highest BCUT2D eigenvalue weighted by molar-refractivity contribution is 7.89. The number of carbonyl (C=O) groups excluding carboxylic acids is 2. The third-order valence-corrected chi connectivity index (χ3v) is 8.17. The zero-order chi connectivity index (χ0) is 27.6. The Bertz CT molecular complexity index is 1450.